The largest absolute Gasteiger partial charge is 0.357 e. The Labute approximate surface area is 178 Å². The number of benzene rings is 1. The van der Waals surface area contributed by atoms with Crippen LogP contribution in [0.2, 0.25) is 0 Å². The number of aromatic nitrogens is 1. The summed E-state index contributed by atoms with van der Waals surface area (Å²) in [5.74, 6) is 1.98. The number of nitrogens with zero attached hydrogens (tertiary/aromatic N) is 3. The number of hydrogen-bond donors (Lipinski definition) is 2. The fourth-order valence-corrected chi connectivity index (χ4v) is 4.87. The van der Waals surface area contributed by atoms with Crippen molar-refractivity contribution in [2.45, 2.75) is 48.8 Å². The van der Waals surface area contributed by atoms with Gasteiger partial charge in [-0.3, -0.25) is 0 Å². The second-order valence-corrected chi connectivity index (χ2v) is 9.40. The van der Waals surface area contributed by atoms with Gasteiger partial charge in [0.15, 0.2) is 5.96 Å². The minimum Gasteiger partial charge on any atom is -0.357 e. The first-order valence-electron chi connectivity index (χ1n) is 10.7. The number of thioether (sulfide) groups is 1. The van der Waals surface area contributed by atoms with E-state index in [1.165, 1.54) is 36.1 Å². The fraction of sp³-hybridized carbons (Fsp3) is 0.478. The van der Waals surface area contributed by atoms with Gasteiger partial charge in [0, 0.05) is 42.0 Å². The number of anilines is 1. The molecular weight excluding hydrogens is 378 g/mol. The predicted molar refractivity (Wildman–Crippen MR) is 123 cm³/mol. The molecule has 0 spiro atoms. The molecule has 0 bridgehead atoms. The lowest BCUT2D eigenvalue weighted by Gasteiger charge is -2.19. The number of hydrogen-bond acceptors (Lipinski definition) is 4. The first kappa shape index (κ1) is 20.1. The molecule has 1 aromatic carbocycles. The average molecular weight is 410 g/mol. The van der Waals surface area contributed by atoms with Gasteiger partial charge in [0.2, 0.25) is 0 Å². The van der Waals surface area contributed by atoms with Crippen molar-refractivity contribution in [2.75, 3.05) is 31.1 Å². The van der Waals surface area contributed by atoms with E-state index in [0.29, 0.717) is 11.3 Å². The molecule has 1 aliphatic carbocycles. The van der Waals surface area contributed by atoms with Crippen molar-refractivity contribution in [3.63, 3.8) is 0 Å². The zero-order valence-electron chi connectivity index (χ0n) is 17.2. The van der Waals surface area contributed by atoms with Crippen LogP contribution in [0.5, 0.6) is 0 Å². The van der Waals surface area contributed by atoms with Crippen molar-refractivity contribution in [1.82, 2.24) is 15.6 Å². The molecule has 0 unspecified atom stereocenters. The average Bonchev–Trinajstić information content (AvgIpc) is 3.29. The third kappa shape index (κ3) is 5.66. The van der Waals surface area contributed by atoms with Gasteiger partial charge in [0.25, 0.3) is 0 Å². The van der Waals surface area contributed by atoms with Crippen LogP contribution in [-0.4, -0.2) is 41.9 Å². The number of guanidine groups is 1. The maximum atomic E-state index is 4.83. The zero-order valence-corrected chi connectivity index (χ0v) is 18.0. The van der Waals surface area contributed by atoms with Gasteiger partial charge in [-0.15, -0.1) is 11.8 Å². The highest BCUT2D eigenvalue weighted by atomic mass is 32.2. The molecule has 0 radical (unpaired) electrons. The van der Waals surface area contributed by atoms with E-state index >= 15 is 0 Å². The van der Waals surface area contributed by atoms with E-state index in [9.17, 15) is 0 Å². The summed E-state index contributed by atoms with van der Waals surface area (Å²) >= 11 is 1.99. The van der Waals surface area contributed by atoms with Gasteiger partial charge in [-0.2, -0.15) is 0 Å². The molecule has 154 valence electrons. The first-order valence-corrected chi connectivity index (χ1v) is 11.5. The number of pyridine rings is 1. The van der Waals surface area contributed by atoms with Crippen molar-refractivity contribution >= 4 is 23.5 Å². The second-order valence-electron chi connectivity index (χ2n) is 7.86. The maximum Gasteiger partial charge on any atom is 0.191 e. The minimum absolute atomic E-state index is 0.303. The van der Waals surface area contributed by atoms with Crippen LogP contribution in [0.3, 0.4) is 0 Å². The van der Waals surface area contributed by atoms with Crippen molar-refractivity contribution in [3.05, 3.63) is 54.2 Å². The Bertz CT molecular complexity index is 813. The fourth-order valence-electron chi connectivity index (χ4n) is 3.63. The molecule has 2 fully saturated rings. The van der Waals surface area contributed by atoms with E-state index < -0.39 is 0 Å². The molecule has 4 rings (SSSR count). The van der Waals surface area contributed by atoms with Crippen LogP contribution in [-0.2, 0) is 6.54 Å². The normalized spacial score (nSPS) is 18.0. The summed E-state index contributed by atoms with van der Waals surface area (Å²) in [4.78, 5) is 13.1. The smallest absolute Gasteiger partial charge is 0.191 e. The van der Waals surface area contributed by atoms with Gasteiger partial charge >= 0.3 is 0 Å². The van der Waals surface area contributed by atoms with Crippen LogP contribution in [0.1, 0.15) is 38.2 Å². The van der Waals surface area contributed by atoms with E-state index in [1.807, 2.05) is 18.0 Å². The summed E-state index contributed by atoms with van der Waals surface area (Å²) in [6.45, 7) is 6.81. The third-order valence-electron chi connectivity index (χ3n) is 5.47. The Kier molecular flexibility index (Phi) is 6.60. The van der Waals surface area contributed by atoms with Gasteiger partial charge in [-0.05, 0) is 62.4 Å². The van der Waals surface area contributed by atoms with Crippen molar-refractivity contribution in [2.24, 2.45) is 4.99 Å². The van der Waals surface area contributed by atoms with Crippen LogP contribution < -0.4 is 15.5 Å². The lowest BCUT2D eigenvalue weighted by molar-refractivity contribution is 0.769. The molecule has 1 saturated carbocycles. The van der Waals surface area contributed by atoms with Gasteiger partial charge in [-0.25, -0.2) is 9.98 Å². The van der Waals surface area contributed by atoms with E-state index in [1.54, 1.807) is 0 Å². The molecule has 0 amide bonds. The quantitative estimate of drug-likeness (QED) is 0.509. The highest BCUT2D eigenvalue weighted by Crippen LogP contribution is 2.51. The van der Waals surface area contributed by atoms with Crippen LogP contribution in [0, 0.1) is 0 Å². The van der Waals surface area contributed by atoms with E-state index in [-0.39, 0.29) is 0 Å². The molecule has 0 atom stereocenters. The Balaban J connectivity index is 1.35. The Morgan fingerprint density at radius 1 is 1.14 bits per heavy atom. The number of aliphatic imine (C=N–C) groups is 1. The molecule has 2 aromatic rings. The molecule has 1 aromatic heterocycles. The van der Waals surface area contributed by atoms with Gasteiger partial charge in [0.1, 0.15) is 5.82 Å². The molecule has 1 aliphatic heterocycles. The second kappa shape index (κ2) is 9.53. The van der Waals surface area contributed by atoms with Gasteiger partial charge < -0.3 is 15.5 Å². The summed E-state index contributed by atoms with van der Waals surface area (Å²) in [5.41, 5.74) is 1.21. The lowest BCUT2D eigenvalue weighted by atomic mass is 10.2. The van der Waals surface area contributed by atoms with Crippen molar-refractivity contribution < 1.29 is 0 Å². The molecule has 1 saturated heterocycles. The Hall–Kier alpha value is -2.21. The highest BCUT2D eigenvalue weighted by molar-refractivity contribution is 8.01. The van der Waals surface area contributed by atoms with Gasteiger partial charge in [-0.1, -0.05) is 18.2 Å². The van der Waals surface area contributed by atoms with Crippen molar-refractivity contribution in [1.29, 1.82) is 0 Å². The van der Waals surface area contributed by atoms with Crippen LogP contribution in [0.25, 0.3) is 0 Å². The van der Waals surface area contributed by atoms with Crippen LogP contribution >= 0.6 is 11.8 Å². The van der Waals surface area contributed by atoms with E-state index in [4.69, 9.17) is 4.99 Å². The molecule has 5 nitrogen and oxygen atoms in total. The van der Waals surface area contributed by atoms with Crippen LogP contribution in [0.15, 0.2) is 58.5 Å². The van der Waals surface area contributed by atoms with E-state index in [2.05, 4.69) is 69.9 Å². The molecule has 2 heterocycles. The topological polar surface area (TPSA) is 52.6 Å². The summed E-state index contributed by atoms with van der Waals surface area (Å²) in [6, 6.07) is 15.0. The predicted octanol–water partition coefficient (Wildman–Crippen LogP) is 4.06. The molecule has 29 heavy (non-hydrogen) atoms. The summed E-state index contributed by atoms with van der Waals surface area (Å²) in [5, 5.41) is 6.97. The minimum atomic E-state index is 0.303. The van der Waals surface area contributed by atoms with Crippen molar-refractivity contribution in [3.8, 4) is 0 Å². The monoisotopic (exact) mass is 409 g/mol. The highest BCUT2D eigenvalue weighted by Gasteiger charge is 2.43. The van der Waals surface area contributed by atoms with Gasteiger partial charge in [0.05, 0.1) is 6.54 Å². The summed E-state index contributed by atoms with van der Waals surface area (Å²) < 4.78 is 0.303. The summed E-state index contributed by atoms with van der Waals surface area (Å²) in [7, 11) is 0. The summed E-state index contributed by atoms with van der Waals surface area (Å²) in [6.07, 6.45) is 6.95. The molecular formula is C23H31N5S. The maximum absolute atomic E-state index is 4.83. The molecule has 2 aliphatic rings. The first-order chi connectivity index (χ1) is 14.3. The Morgan fingerprint density at radius 2 is 1.93 bits per heavy atom. The molecule has 2 N–H and O–H groups in total. The van der Waals surface area contributed by atoms with E-state index in [0.717, 1.165) is 38.0 Å². The standard InChI is InChI=1S/C23H31N5S/c1-2-24-22(27-18-23(11-12-23)29-20-8-4-3-5-9-20)26-17-19-10-13-25-21(16-19)28-14-6-7-15-28/h3-5,8-10,13,16H,2,6-7,11-12,14-15,17-18H2,1H3,(H2,24,26,27). The Morgan fingerprint density at radius 3 is 2.66 bits per heavy atom. The lowest BCUT2D eigenvalue weighted by Crippen LogP contribution is -2.41. The number of nitrogens with one attached hydrogen (secondary N) is 2. The third-order valence-corrected chi connectivity index (χ3v) is 6.96. The zero-order chi connectivity index (χ0) is 19.9. The SMILES string of the molecule is CCNC(=NCc1ccnc(N2CCCC2)c1)NCC1(Sc2ccccc2)CC1. The number of rotatable bonds is 8. The van der Waals surface area contributed by atoms with Crippen LogP contribution in [0.4, 0.5) is 5.82 Å². The molecule has 6 heteroatoms.